The van der Waals surface area contributed by atoms with Crippen molar-refractivity contribution in [2.45, 2.75) is 0 Å². The van der Waals surface area contributed by atoms with Gasteiger partial charge < -0.3 is 17.2 Å². The smallest absolute Gasteiger partial charge is 0.218 e. The molecule has 0 unspecified atom stereocenters. The Labute approximate surface area is 73.2 Å². The Bertz CT molecular complexity index is 203. The summed E-state index contributed by atoms with van der Waals surface area (Å²) in [6.07, 6.45) is 0. The predicted molar refractivity (Wildman–Crippen MR) is 50.4 cm³/mol. The maximum absolute atomic E-state index is 5.26. The van der Waals surface area contributed by atoms with Crippen LogP contribution in [0.1, 0.15) is 0 Å². The third-order valence-electron chi connectivity index (χ3n) is 0.656. The van der Waals surface area contributed by atoms with Gasteiger partial charge in [-0.3, -0.25) is 0 Å². The lowest BCUT2D eigenvalue weighted by Crippen LogP contribution is -2.26. The monoisotopic (exact) mass is 219 g/mol. The van der Waals surface area contributed by atoms with Crippen LogP contribution in [0, 0.1) is 0 Å². The number of halogens is 1. The van der Waals surface area contributed by atoms with Crippen molar-refractivity contribution in [3.8, 4) is 0 Å². The molecule has 0 aliphatic carbocycles. The quantitative estimate of drug-likeness (QED) is 0.431. The molecule has 6 heteroatoms. The van der Waals surface area contributed by atoms with Crippen molar-refractivity contribution in [1.82, 2.24) is 0 Å². The lowest BCUT2D eigenvalue weighted by atomic mass is 10.6. The number of nitrogens with two attached hydrogens (primary N) is 3. The molecule has 5 nitrogen and oxygen atoms in total. The number of aliphatic imine (C=N–C) groups is 2. The maximum Gasteiger partial charge on any atom is 0.218 e. The second kappa shape index (κ2) is 4.73. The Morgan fingerprint density at radius 3 is 2.27 bits per heavy atom. The van der Waals surface area contributed by atoms with Crippen molar-refractivity contribution in [2.75, 3.05) is 6.54 Å². The summed E-state index contributed by atoms with van der Waals surface area (Å²) in [6, 6.07) is 0. The van der Waals surface area contributed by atoms with Crippen LogP contribution in [0.4, 0.5) is 0 Å². The lowest BCUT2D eigenvalue weighted by molar-refractivity contribution is 1.20. The summed E-state index contributed by atoms with van der Waals surface area (Å²) in [5.41, 5.74) is 15.3. The van der Waals surface area contributed by atoms with E-state index in [4.69, 9.17) is 17.2 Å². The van der Waals surface area contributed by atoms with Gasteiger partial charge in [-0.2, -0.15) is 4.99 Å². The fourth-order valence-corrected chi connectivity index (χ4v) is 0.460. The van der Waals surface area contributed by atoms with Crippen LogP contribution in [0.2, 0.25) is 0 Å². The van der Waals surface area contributed by atoms with E-state index in [9.17, 15) is 0 Å². The van der Waals surface area contributed by atoms with Crippen LogP contribution in [0.5, 0.6) is 0 Å². The minimum Gasteiger partial charge on any atom is -0.370 e. The first-order valence-electron chi connectivity index (χ1n) is 2.75. The second-order valence-corrected chi connectivity index (χ2v) is 2.85. The Morgan fingerprint density at radius 1 is 1.36 bits per heavy atom. The predicted octanol–water partition coefficient (Wildman–Crippen LogP) is -0.517. The zero-order valence-corrected chi connectivity index (χ0v) is 7.50. The van der Waals surface area contributed by atoms with Crippen LogP contribution in [-0.2, 0) is 0 Å². The summed E-state index contributed by atoms with van der Waals surface area (Å²) in [5.74, 6) is -0.0583. The van der Waals surface area contributed by atoms with Gasteiger partial charge in [0.05, 0.1) is 6.54 Å². The normalized spacial score (nSPS) is 10.8. The molecule has 0 aromatic heterocycles. The zero-order chi connectivity index (χ0) is 8.85. The highest BCUT2D eigenvalue weighted by Crippen LogP contribution is 1.99. The molecule has 0 atom stereocenters. The van der Waals surface area contributed by atoms with Gasteiger partial charge in [0.15, 0.2) is 5.96 Å². The first-order chi connectivity index (χ1) is 5.02. The molecule has 0 heterocycles. The third-order valence-corrected chi connectivity index (χ3v) is 0.907. The van der Waals surface area contributed by atoms with Crippen LogP contribution in [0.15, 0.2) is 21.0 Å². The van der Waals surface area contributed by atoms with Gasteiger partial charge in [0.25, 0.3) is 0 Å². The molecule has 0 rings (SSSR count). The van der Waals surface area contributed by atoms with E-state index in [-0.39, 0.29) is 11.9 Å². The minimum absolute atomic E-state index is 0.0469. The molecule has 0 aromatic rings. The molecule has 0 fully saturated rings. The summed E-state index contributed by atoms with van der Waals surface area (Å²) in [6.45, 7) is 3.91. The fraction of sp³-hybridized carbons (Fsp3) is 0.200. The van der Waals surface area contributed by atoms with Crippen molar-refractivity contribution in [3.63, 3.8) is 0 Å². The van der Waals surface area contributed by atoms with Gasteiger partial charge in [-0.25, -0.2) is 4.99 Å². The van der Waals surface area contributed by atoms with Gasteiger partial charge in [-0.05, 0) is 0 Å². The molecular formula is C5H10BrN5. The molecule has 0 saturated carbocycles. The Morgan fingerprint density at radius 2 is 1.91 bits per heavy atom. The largest absolute Gasteiger partial charge is 0.370 e. The average Bonchev–Trinajstić information content (AvgIpc) is 1.82. The van der Waals surface area contributed by atoms with E-state index in [0.717, 1.165) is 0 Å². The fourth-order valence-electron chi connectivity index (χ4n) is 0.334. The molecule has 0 amide bonds. The average molecular weight is 220 g/mol. The van der Waals surface area contributed by atoms with E-state index in [0.29, 0.717) is 11.0 Å². The van der Waals surface area contributed by atoms with Crippen molar-refractivity contribution in [3.05, 3.63) is 11.1 Å². The van der Waals surface area contributed by atoms with Crippen molar-refractivity contribution in [1.29, 1.82) is 0 Å². The highest BCUT2D eigenvalue weighted by Gasteiger charge is 1.88. The molecule has 0 bridgehead atoms. The molecule has 62 valence electrons. The van der Waals surface area contributed by atoms with Gasteiger partial charge in [0, 0.05) is 4.48 Å². The Kier molecular flexibility index (Phi) is 4.28. The zero-order valence-electron chi connectivity index (χ0n) is 5.92. The second-order valence-electron chi connectivity index (χ2n) is 1.73. The van der Waals surface area contributed by atoms with Crippen LogP contribution in [-0.4, -0.2) is 18.5 Å². The Hall–Kier alpha value is -1.04. The van der Waals surface area contributed by atoms with Crippen LogP contribution >= 0.6 is 15.9 Å². The van der Waals surface area contributed by atoms with Gasteiger partial charge in [0.1, 0.15) is 0 Å². The molecule has 0 aliphatic rings. The lowest BCUT2D eigenvalue weighted by Gasteiger charge is -1.93. The van der Waals surface area contributed by atoms with Crippen LogP contribution in [0.25, 0.3) is 0 Å². The summed E-state index contributed by atoms with van der Waals surface area (Å²) in [5, 5.41) is 0. The number of guanidine groups is 2. The van der Waals surface area contributed by atoms with Gasteiger partial charge in [-0.1, -0.05) is 22.5 Å². The number of rotatable bonds is 2. The molecule has 0 aliphatic heterocycles. The van der Waals surface area contributed by atoms with E-state index >= 15 is 0 Å². The molecule has 6 N–H and O–H groups in total. The highest BCUT2D eigenvalue weighted by atomic mass is 79.9. The van der Waals surface area contributed by atoms with E-state index in [1.54, 1.807) is 0 Å². The topological polar surface area (TPSA) is 103 Å². The van der Waals surface area contributed by atoms with Crippen molar-refractivity contribution in [2.24, 2.45) is 27.2 Å². The molecule has 0 spiro atoms. The van der Waals surface area contributed by atoms with E-state index < -0.39 is 0 Å². The number of hydrogen-bond acceptors (Lipinski definition) is 1. The van der Waals surface area contributed by atoms with Crippen molar-refractivity contribution < 1.29 is 0 Å². The van der Waals surface area contributed by atoms with Crippen LogP contribution < -0.4 is 17.2 Å². The highest BCUT2D eigenvalue weighted by molar-refractivity contribution is 9.11. The van der Waals surface area contributed by atoms with Gasteiger partial charge in [0.2, 0.25) is 5.96 Å². The van der Waals surface area contributed by atoms with Gasteiger partial charge >= 0.3 is 0 Å². The number of nitrogens with zero attached hydrogens (tertiary/aromatic N) is 2. The summed E-state index contributed by atoms with van der Waals surface area (Å²) >= 11 is 3.10. The van der Waals surface area contributed by atoms with E-state index in [1.807, 2.05) is 0 Å². The van der Waals surface area contributed by atoms with E-state index in [1.165, 1.54) is 0 Å². The number of hydrogen-bond donors (Lipinski definition) is 3. The summed E-state index contributed by atoms with van der Waals surface area (Å²) in [7, 11) is 0. The molecular weight excluding hydrogens is 210 g/mol. The summed E-state index contributed by atoms with van der Waals surface area (Å²) in [4.78, 5) is 7.25. The first-order valence-corrected chi connectivity index (χ1v) is 3.54. The molecule has 0 aromatic carbocycles. The molecule has 0 saturated heterocycles. The molecule has 11 heavy (non-hydrogen) atoms. The van der Waals surface area contributed by atoms with E-state index in [2.05, 4.69) is 32.5 Å². The Balaban J connectivity index is 4.02. The maximum atomic E-state index is 5.26. The summed E-state index contributed by atoms with van der Waals surface area (Å²) < 4.78 is 0.714. The van der Waals surface area contributed by atoms with Crippen molar-refractivity contribution >= 4 is 27.8 Å². The standard InChI is InChI=1S/C5H10BrN5/c1-3(6)2-10-5(9)11-4(7)8/h1-2H2,(H6,7,8,9,10,11). The first kappa shape index (κ1) is 9.96. The van der Waals surface area contributed by atoms with Crippen LogP contribution in [0.3, 0.4) is 0 Å². The van der Waals surface area contributed by atoms with Gasteiger partial charge in [-0.15, -0.1) is 0 Å². The minimum atomic E-state index is -0.105. The SMILES string of the molecule is C=C(Br)CN=C(N)N=C(N)N. The third kappa shape index (κ3) is 6.85. The molecule has 0 radical (unpaired) electrons.